The third-order valence-corrected chi connectivity index (χ3v) is 3.56. The van der Waals surface area contributed by atoms with Crippen molar-refractivity contribution < 1.29 is 0 Å². The molecule has 0 radical (unpaired) electrons. The van der Waals surface area contributed by atoms with Crippen molar-refractivity contribution in [1.82, 2.24) is 4.98 Å². The van der Waals surface area contributed by atoms with Crippen LogP contribution in [0.3, 0.4) is 0 Å². The molecule has 14 heavy (non-hydrogen) atoms. The molecule has 2 atom stereocenters. The van der Waals surface area contributed by atoms with Crippen LogP contribution in [-0.2, 0) is 0 Å². The molecule has 0 saturated heterocycles. The summed E-state index contributed by atoms with van der Waals surface area (Å²) in [5, 5.41) is 0. The molecule has 1 saturated carbocycles. The highest BCUT2D eigenvalue weighted by atomic mass is 14.6. The van der Waals surface area contributed by atoms with Crippen LogP contribution in [0.4, 0.5) is 0 Å². The molecule has 1 aromatic heterocycles. The Labute approximate surface area is 84.9 Å². The van der Waals surface area contributed by atoms with Crippen molar-refractivity contribution in [3.63, 3.8) is 0 Å². The van der Waals surface area contributed by atoms with Crippen LogP contribution in [0.1, 0.15) is 31.2 Å². The molecule has 0 aromatic carbocycles. The summed E-state index contributed by atoms with van der Waals surface area (Å²) in [6.07, 6.45) is 11.9. The first kappa shape index (κ1) is 8.22. The van der Waals surface area contributed by atoms with E-state index in [1.807, 2.05) is 18.5 Å². The topological polar surface area (TPSA) is 12.9 Å². The number of aromatic nitrogens is 1. The summed E-state index contributed by atoms with van der Waals surface area (Å²) in [7, 11) is 0. The maximum Gasteiger partial charge on any atom is 0.0342 e. The molecular weight excluding hydrogens is 170 g/mol. The molecule has 1 fully saturated rings. The number of fused-ring (bicyclic) bond motifs is 2. The van der Waals surface area contributed by atoms with Crippen molar-refractivity contribution in [1.29, 1.82) is 0 Å². The molecule has 2 bridgehead atoms. The average Bonchev–Trinajstić information content (AvgIpc) is 2.59. The Kier molecular flexibility index (Phi) is 1.90. The lowest BCUT2D eigenvalue weighted by molar-refractivity contribution is 0.529. The summed E-state index contributed by atoms with van der Waals surface area (Å²) in [5.41, 5.74) is 2.88. The van der Waals surface area contributed by atoms with Gasteiger partial charge in [0.05, 0.1) is 0 Å². The Morgan fingerprint density at radius 2 is 2.29 bits per heavy atom. The standard InChI is InChI=1S/C13H15N/c1-2-12(9-14-5-1)13-7-10-3-4-11(6-10)8-13/h1-2,5,7,9-11H,3-4,6,8H2/t10-,11+/m1/s1. The fourth-order valence-electron chi connectivity index (χ4n) is 2.88. The van der Waals surface area contributed by atoms with Gasteiger partial charge in [0.2, 0.25) is 0 Å². The lowest BCUT2D eigenvalue weighted by Gasteiger charge is -2.19. The monoisotopic (exact) mass is 185 g/mol. The molecule has 1 heterocycles. The quantitative estimate of drug-likeness (QED) is 0.654. The van der Waals surface area contributed by atoms with Crippen LogP contribution in [0.2, 0.25) is 0 Å². The van der Waals surface area contributed by atoms with Gasteiger partial charge in [-0.1, -0.05) is 12.1 Å². The maximum absolute atomic E-state index is 4.19. The van der Waals surface area contributed by atoms with E-state index >= 15 is 0 Å². The van der Waals surface area contributed by atoms with E-state index in [-0.39, 0.29) is 0 Å². The fourth-order valence-corrected chi connectivity index (χ4v) is 2.88. The number of nitrogens with zero attached hydrogens (tertiary/aromatic N) is 1. The van der Waals surface area contributed by atoms with E-state index in [9.17, 15) is 0 Å². The highest BCUT2D eigenvalue weighted by Crippen LogP contribution is 2.43. The van der Waals surface area contributed by atoms with Crippen LogP contribution < -0.4 is 0 Å². The predicted molar refractivity (Wildman–Crippen MR) is 57.7 cm³/mol. The molecule has 1 nitrogen and oxygen atoms in total. The van der Waals surface area contributed by atoms with Gasteiger partial charge in [-0.15, -0.1) is 0 Å². The highest BCUT2D eigenvalue weighted by molar-refractivity contribution is 5.66. The van der Waals surface area contributed by atoms with E-state index in [1.165, 1.54) is 36.8 Å². The van der Waals surface area contributed by atoms with E-state index < -0.39 is 0 Å². The van der Waals surface area contributed by atoms with Gasteiger partial charge < -0.3 is 0 Å². The average molecular weight is 185 g/mol. The summed E-state index contributed by atoms with van der Waals surface area (Å²) in [6.45, 7) is 0. The van der Waals surface area contributed by atoms with E-state index in [0.717, 1.165) is 11.8 Å². The van der Waals surface area contributed by atoms with E-state index in [0.29, 0.717) is 0 Å². The molecular formula is C13H15N. The fraction of sp³-hybridized carbons (Fsp3) is 0.462. The second-order valence-corrected chi connectivity index (χ2v) is 4.58. The Hall–Kier alpha value is -1.11. The first-order chi connectivity index (χ1) is 6.92. The van der Waals surface area contributed by atoms with E-state index in [2.05, 4.69) is 17.1 Å². The molecule has 0 amide bonds. The van der Waals surface area contributed by atoms with E-state index in [4.69, 9.17) is 0 Å². The summed E-state index contributed by atoms with van der Waals surface area (Å²) in [5.74, 6) is 1.82. The number of hydrogen-bond acceptors (Lipinski definition) is 1. The van der Waals surface area contributed by atoms with Crippen molar-refractivity contribution in [2.45, 2.75) is 25.7 Å². The molecule has 0 spiro atoms. The molecule has 2 aliphatic rings. The minimum absolute atomic E-state index is 0.865. The van der Waals surface area contributed by atoms with Gasteiger partial charge in [-0.2, -0.15) is 0 Å². The lowest BCUT2D eigenvalue weighted by Crippen LogP contribution is -2.04. The Morgan fingerprint density at radius 3 is 3.07 bits per heavy atom. The summed E-state index contributed by atoms with van der Waals surface area (Å²) < 4.78 is 0. The second kappa shape index (κ2) is 3.23. The molecule has 1 aromatic rings. The number of allylic oxidation sites excluding steroid dienone is 2. The molecule has 3 rings (SSSR count). The van der Waals surface area contributed by atoms with Gasteiger partial charge in [0, 0.05) is 12.4 Å². The van der Waals surface area contributed by atoms with Gasteiger partial charge in [0.15, 0.2) is 0 Å². The van der Waals surface area contributed by atoms with Crippen LogP contribution in [-0.4, -0.2) is 4.98 Å². The van der Waals surface area contributed by atoms with Crippen LogP contribution >= 0.6 is 0 Å². The van der Waals surface area contributed by atoms with Crippen molar-refractivity contribution >= 4 is 5.57 Å². The number of rotatable bonds is 1. The minimum atomic E-state index is 0.865. The SMILES string of the molecule is C1=C(c2cccnc2)C[C@H]2CC[C@@H]1C2. The van der Waals surface area contributed by atoms with Gasteiger partial charge in [-0.3, -0.25) is 4.98 Å². The zero-order valence-electron chi connectivity index (χ0n) is 8.32. The van der Waals surface area contributed by atoms with Gasteiger partial charge in [-0.05, 0) is 54.7 Å². The van der Waals surface area contributed by atoms with Gasteiger partial charge in [-0.25, -0.2) is 0 Å². The molecule has 1 heteroatoms. The number of pyridine rings is 1. The Balaban J connectivity index is 1.93. The molecule has 2 aliphatic carbocycles. The molecule has 0 unspecified atom stereocenters. The van der Waals surface area contributed by atoms with Crippen LogP contribution in [0, 0.1) is 11.8 Å². The van der Waals surface area contributed by atoms with E-state index in [1.54, 1.807) is 0 Å². The Bertz CT molecular complexity index is 353. The smallest absolute Gasteiger partial charge is 0.0342 e. The molecule has 72 valence electrons. The largest absolute Gasteiger partial charge is 0.264 e. The summed E-state index contributed by atoms with van der Waals surface area (Å²) in [6, 6.07) is 4.22. The zero-order valence-corrected chi connectivity index (χ0v) is 8.32. The molecule has 0 N–H and O–H groups in total. The van der Waals surface area contributed by atoms with Crippen LogP contribution in [0.25, 0.3) is 5.57 Å². The maximum atomic E-state index is 4.19. The normalized spacial score (nSPS) is 30.1. The third-order valence-electron chi connectivity index (χ3n) is 3.56. The minimum Gasteiger partial charge on any atom is -0.264 e. The van der Waals surface area contributed by atoms with Gasteiger partial charge in [0.25, 0.3) is 0 Å². The van der Waals surface area contributed by atoms with Gasteiger partial charge in [0.1, 0.15) is 0 Å². The third kappa shape index (κ3) is 1.37. The predicted octanol–water partition coefficient (Wildman–Crippen LogP) is 3.29. The first-order valence-electron chi connectivity index (χ1n) is 5.53. The second-order valence-electron chi connectivity index (χ2n) is 4.58. The first-order valence-corrected chi connectivity index (χ1v) is 5.53. The van der Waals surface area contributed by atoms with Gasteiger partial charge >= 0.3 is 0 Å². The summed E-state index contributed by atoms with van der Waals surface area (Å²) in [4.78, 5) is 4.19. The van der Waals surface area contributed by atoms with Crippen molar-refractivity contribution in [3.8, 4) is 0 Å². The number of hydrogen-bond donors (Lipinski definition) is 0. The Morgan fingerprint density at radius 1 is 1.29 bits per heavy atom. The van der Waals surface area contributed by atoms with Crippen LogP contribution in [0.5, 0.6) is 0 Å². The molecule has 0 aliphatic heterocycles. The zero-order chi connectivity index (χ0) is 9.38. The van der Waals surface area contributed by atoms with Crippen molar-refractivity contribution in [2.24, 2.45) is 11.8 Å². The van der Waals surface area contributed by atoms with Crippen molar-refractivity contribution in [3.05, 3.63) is 36.2 Å². The summed E-state index contributed by atoms with van der Waals surface area (Å²) >= 11 is 0. The highest BCUT2D eigenvalue weighted by Gasteiger charge is 2.28. The lowest BCUT2D eigenvalue weighted by atomic mass is 9.87. The van der Waals surface area contributed by atoms with Crippen LogP contribution in [0.15, 0.2) is 30.6 Å². The van der Waals surface area contributed by atoms with Crippen molar-refractivity contribution in [2.75, 3.05) is 0 Å².